The van der Waals surface area contributed by atoms with E-state index < -0.39 is 0 Å². The molecule has 2 unspecified atom stereocenters. The lowest BCUT2D eigenvalue weighted by atomic mass is 10.2. The number of hydrogen-bond acceptors (Lipinski definition) is 3. The van der Waals surface area contributed by atoms with Crippen molar-refractivity contribution in [1.29, 1.82) is 0 Å². The summed E-state index contributed by atoms with van der Waals surface area (Å²) in [4.78, 5) is 12.3. The number of hydrogen-bond donors (Lipinski definition) is 0. The first-order chi connectivity index (χ1) is 9.63. The van der Waals surface area contributed by atoms with Crippen LogP contribution in [0.1, 0.15) is 25.8 Å². The second-order valence-corrected chi connectivity index (χ2v) is 6.10. The monoisotopic (exact) mass is 274 g/mol. The zero-order valence-corrected chi connectivity index (χ0v) is 12.2. The topological polar surface area (TPSA) is 32.8 Å². The number of piperidine rings is 1. The van der Waals surface area contributed by atoms with Gasteiger partial charge in [0, 0.05) is 13.1 Å². The molecule has 1 amide bonds. The second-order valence-electron chi connectivity index (χ2n) is 6.10. The third-order valence-corrected chi connectivity index (χ3v) is 4.02. The van der Waals surface area contributed by atoms with Crippen LogP contribution in [-0.4, -0.2) is 35.3 Å². The van der Waals surface area contributed by atoms with Crippen LogP contribution in [0.4, 0.5) is 4.79 Å². The van der Waals surface area contributed by atoms with E-state index in [4.69, 9.17) is 4.74 Å². The minimum absolute atomic E-state index is 0.0853. The molecule has 1 saturated carbocycles. The highest BCUT2D eigenvalue weighted by atomic mass is 16.6. The van der Waals surface area contributed by atoms with Gasteiger partial charge in [0.05, 0.1) is 12.6 Å². The summed E-state index contributed by atoms with van der Waals surface area (Å²) in [5.74, 6) is 1.58. The first kappa shape index (κ1) is 13.4. The Kier molecular flexibility index (Phi) is 3.66. The first-order valence-electron chi connectivity index (χ1n) is 7.40. The number of benzene rings is 1. The van der Waals surface area contributed by atoms with Crippen molar-refractivity contribution in [3.8, 4) is 0 Å². The Bertz CT molecular complexity index is 465. The van der Waals surface area contributed by atoms with Crippen molar-refractivity contribution in [2.24, 2.45) is 11.8 Å². The van der Waals surface area contributed by atoms with Crippen LogP contribution in [0.15, 0.2) is 30.3 Å². The van der Waals surface area contributed by atoms with Crippen LogP contribution in [0.2, 0.25) is 0 Å². The number of carbonyl (C=O) groups is 1. The maximum Gasteiger partial charge on any atom is 0.425 e. The van der Waals surface area contributed by atoms with E-state index in [2.05, 4.69) is 5.01 Å². The molecule has 0 N–H and O–H groups in total. The number of fused-ring (bicyclic) bond motifs is 1. The van der Waals surface area contributed by atoms with Gasteiger partial charge in [0.25, 0.3) is 0 Å². The normalized spacial score (nSPS) is 24.6. The number of hydrazine groups is 1. The first-order valence-corrected chi connectivity index (χ1v) is 7.40. The average molecular weight is 274 g/mol. The molecule has 2 fully saturated rings. The molecule has 0 aromatic heterocycles. The zero-order chi connectivity index (χ0) is 14.1. The van der Waals surface area contributed by atoms with Crippen LogP contribution < -0.4 is 0 Å². The fourth-order valence-corrected chi connectivity index (χ4v) is 2.87. The van der Waals surface area contributed by atoms with Crippen LogP contribution in [0.5, 0.6) is 0 Å². The molecule has 0 spiro atoms. The Hall–Kier alpha value is -1.55. The maximum absolute atomic E-state index is 12.3. The summed E-state index contributed by atoms with van der Waals surface area (Å²) >= 11 is 0. The molecule has 1 heterocycles. The van der Waals surface area contributed by atoms with Gasteiger partial charge in [-0.15, -0.1) is 0 Å². The van der Waals surface area contributed by atoms with E-state index in [0.29, 0.717) is 6.54 Å². The minimum Gasteiger partial charge on any atom is -0.446 e. The van der Waals surface area contributed by atoms with Crippen LogP contribution in [0.25, 0.3) is 0 Å². The highest BCUT2D eigenvalue weighted by Gasteiger charge is 2.47. The van der Waals surface area contributed by atoms with Crippen molar-refractivity contribution < 1.29 is 9.53 Å². The van der Waals surface area contributed by atoms with Gasteiger partial charge in [-0.05, 0) is 37.7 Å². The highest BCUT2D eigenvalue weighted by Crippen LogP contribution is 2.45. The molecule has 0 bridgehead atoms. The van der Waals surface area contributed by atoms with Gasteiger partial charge >= 0.3 is 6.09 Å². The molecule has 2 aliphatic rings. The van der Waals surface area contributed by atoms with E-state index >= 15 is 0 Å². The van der Waals surface area contributed by atoms with E-state index in [9.17, 15) is 4.79 Å². The number of carbonyl (C=O) groups excluding carboxylic acids is 1. The molecule has 4 nitrogen and oxygen atoms in total. The molecule has 1 aromatic carbocycles. The predicted molar refractivity (Wildman–Crippen MR) is 76.8 cm³/mol. The molecular formula is C16H22N2O2. The summed E-state index contributed by atoms with van der Waals surface area (Å²) in [5, 5.41) is 3.94. The number of rotatable bonds is 4. The van der Waals surface area contributed by atoms with E-state index in [-0.39, 0.29) is 12.2 Å². The summed E-state index contributed by atoms with van der Waals surface area (Å²) in [6, 6.07) is 10.1. The Morgan fingerprint density at radius 2 is 1.95 bits per heavy atom. The van der Waals surface area contributed by atoms with Gasteiger partial charge in [0.15, 0.2) is 0 Å². The molecule has 0 radical (unpaired) electrons. The minimum atomic E-state index is -0.231. The van der Waals surface area contributed by atoms with Gasteiger partial charge in [0.2, 0.25) is 0 Å². The van der Waals surface area contributed by atoms with E-state index in [1.807, 2.05) is 44.2 Å². The molecule has 1 aromatic rings. The van der Waals surface area contributed by atoms with E-state index in [1.54, 1.807) is 5.01 Å². The number of amides is 1. The average Bonchev–Trinajstić information content (AvgIpc) is 3.03. The summed E-state index contributed by atoms with van der Waals surface area (Å²) in [6.45, 7) is 6.35. The third-order valence-electron chi connectivity index (χ3n) is 4.02. The Morgan fingerprint density at radius 3 is 2.55 bits per heavy atom. The summed E-state index contributed by atoms with van der Waals surface area (Å²) in [6.07, 6.45) is 1.01. The molecule has 1 aliphatic heterocycles. The largest absolute Gasteiger partial charge is 0.446 e. The summed E-state index contributed by atoms with van der Waals surface area (Å²) in [7, 11) is 0. The molecule has 108 valence electrons. The standard InChI is InChI=1S/C16H22N2O2/c1-12(2)20-16(19)18(9-13-6-4-3-5-7-13)17-10-14-8-15(14)11-17/h3-7,12,14-15H,8-11H2,1-2H3. The molecule has 20 heavy (non-hydrogen) atoms. The maximum atomic E-state index is 12.3. The highest BCUT2D eigenvalue weighted by molar-refractivity contribution is 5.67. The SMILES string of the molecule is CC(C)OC(=O)N(Cc1ccccc1)N1CC2CC2C1. The third kappa shape index (κ3) is 2.96. The fraction of sp³-hybridized carbons (Fsp3) is 0.562. The van der Waals surface area contributed by atoms with Gasteiger partial charge in [-0.2, -0.15) is 0 Å². The van der Waals surface area contributed by atoms with Gasteiger partial charge in [-0.25, -0.2) is 14.8 Å². The predicted octanol–water partition coefficient (Wildman–Crippen LogP) is 2.90. The van der Waals surface area contributed by atoms with E-state index in [1.165, 1.54) is 6.42 Å². The van der Waals surface area contributed by atoms with Crippen LogP contribution in [-0.2, 0) is 11.3 Å². The van der Waals surface area contributed by atoms with Crippen LogP contribution >= 0.6 is 0 Å². The molecule has 1 aliphatic carbocycles. The Morgan fingerprint density at radius 1 is 1.30 bits per heavy atom. The lowest BCUT2D eigenvalue weighted by molar-refractivity contribution is -0.0296. The molecular weight excluding hydrogens is 252 g/mol. The molecule has 1 saturated heterocycles. The summed E-state index contributed by atoms with van der Waals surface area (Å²) < 4.78 is 5.39. The van der Waals surface area contributed by atoms with Crippen molar-refractivity contribution >= 4 is 6.09 Å². The van der Waals surface area contributed by atoms with E-state index in [0.717, 1.165) is 30.5 Å². The molecule has 3 rings (SSSR count). The van der Waals surface area contributed by atoms with Gasteiger partial charge in [-0.1, -0.05) is 30.3 Å². The van der Waals surface area contributed by atoms with Crippen molar-refractivity contribution in [3.05, 3.63) is 35.9 Å². The smallest absolute Gasteiger partial charge is 0.425 e. The molecule has 2 atom stereocenters. The Balaban J connectivity index is 1.70. The van der Waals surface area contributed by atoms with Crippen molar-refractivity contribution in [2.75, 3.05) is 13.1 Å². The van der Waals surface area contributed by atoms with Crippen molar-refractivity contribution in [1.82, 2.24) is 10.0 Å². The van der Waals surface area contributed by atoms with Crippen LogP contribution in [0, 0.1) is 11.8 Å². The number of ether oxygens (including phenoxy) is 1. The van der Waals surface area contributed by atoms with Crippen molar-refractivity contribution in [3.63, 3.8) is 0 Å². The molecule has 4 heteroatoms. The van der Waals surface area contributed by atoms with Crippen molar-refractivity contribution in [2.45, 2.75) is 32.9 Å². The van der Waals surface area contributed by atoms with Gasteiger partial charge in [0.1, 0.15) is 0 Å². The lowest BCUT2D eigenvalue weighted by Gasteiger charge is -2.32. The quantitative estimate of drug-likeness (QED) is 0.846. The van der Waals surface area contributed by atoms with Gasteiger partial charge < -0.3 is 4.74 Å². The lowest BCUT2D eigenvalue weighted by Crippen LogP contribution is -2.46. The zero-order valence-electron chi connectivity index (χ0n) is 12.2. The Labute approximate surface area is 120 Å². The fourth-order valence-electron chi connectivity index (χ4n) is 2.87. The van der Waals surface area contributed by atoms with Crippen LogP contribution in [0.3, 0.4) is 0 Å². The summed E-state index contributed by atoms with van der Waals surface area (Å²) in [5.41, 5.74) is 1.13. The second kappa shape index (κ2) is 5.44. The number of nitrogens with zero attached hydrogens (tertiary/aromatic N) is 2. The van der Waals surface area contributed by atoms with Gasteiger partial charge in [-0.3, -0.25) is 0 Å².